The Balaban J connectivity index is 1.69. The Labute approximate surface area is 176 Å². The predicted molar refractivity (Wildman–Crippen MR) is 118 cm³/mol. The molecule has 2 atom stereocenters. The number of pyridine rings is 1. The molecule has 0 aliphatic carbocycles. The summed E-state index contributed by atoms with van der Waals surface area (Å²) in [4.78, 5) is 8.13. The van der Waals surface area contributed by atoms with E-state index >= 15 is 0 Å². The Morgan fingerprint density at radius 1 is 1.27 bits per heavy atom. The number of hydrogen-bond acceptors (Lipinski definition) is 5. The van der Waals surface area contributed by atoms with Gasteiger partial charge in [-0.05, 0) is 37.1 Å². The summed E-state index contributed by atoms with van der Waals surface area (Å²) in [6.45, 7) is 12.8. The smallest absolute Gasteiger partial charge is 0.190 e. The number of methoxy groups -OCH3 is 1. The standard InChI is InChI=1S/C24H25N3O3/c1-15-18(6-5-7-20(15)25-3)16(2)27-21-8-10-26-22-13-23(28-4)24(12-19(21)22)30-17-9-11-29-14-17/h5-8,10,12-13,16-17H,9,11,14H2,1-2,4H3,(H,26,27)/t16-,17?/m1/s1. The van der Waals surface area contributed by atoms with Crippen LogP contribution < -0.4 is 14.8 Å². The quantitative estimate of drug-likeness (QED) is 0.555. The highest BCUT2D eigenvalue weighted by Gasteiger charge is 2.20. The second kappa shape index (κ2) is 8.60. The van der Waals surface area contributed by atoms with Crippen LogP contribution in [-0.4, -0.2) is 31.4 Å². The SMILES string of the molecule is [C-]#[N+]c1cccc([C@@H](C)Nc2ccnc3cc(OC)c(OC4CCOC4)cc23)c1C. The highest BCUT2D eigenvalue weighted by Crippen LogP contribution is 2.37. The molecule has 154 valence electrons. The van der Waals surface area contributed by atoms with Crippen molar-refractivity contribution >= 4 is 22.3 Å². The number of nitrogens with one attached hydrogen (secondary N) is 1. The van der Waals surface area contributed by atoms with Crippen LogP contribution in [0.15, 0.2) is 42.6 Å². The minimum absolute atomic E-state index is 0.0204. The van der Waals surface area contributed by atoms with Crippen LogP contribution in [-0.2, 0) is 4.74 Å². The monoisotopic (exact) mass is 403 g/mol. The van der Waals surface area contributed by atoms with E-state index in [4.69, 9.17) is 20.8 Å². The van der Waals surface area contributed by atoms with Crippen molar-refractivity contribution in [2.45, 2.75) is 32.4 Å². The molecule has 2 aromatic carbocycles. The average molecular weight is 403 g/mol. The summed E-state index contributed by atoms with van der Waals surface area (Å²) in [6, 6.07) is 11.7. The van der Waals surface area contributed by atoms with E-state index in [0.29, 0.717) is 23.8 Å². The summed E-state index contributed by atoms with van der Waals surface area (Å²) in [5.41, 5.74) is 4.56. The number of aromatic nitrogens is 1. The van der Waals surface area contributed by atoms with Gasteiger partial charge in [-0.2, -0.15) is 0 Å². The van der Waals surface area contributed by atoms with Gasteiger partial charge < -0.3 is 19.5 Å². The predicted octanol–water partition coefficient (Wildman–Crippen LogP) is 5.44. The largest absolute Gasteiger partial charge is 0.493 e. The van der Waals surface area contributed by atoms with Crippen LogP contribution >= 0.6 is 0 Å². The van der Waals surface area contributed by atoms with Crippen molar-refractivity contribution in [2.24, 2.45) is 0 Å². The summed E-state index contributed by atoms with van der Waals surface area (Å²) < 4.78 is 17.1. The lowest BCUT2D eigenvalue weighted by molar-refractivity contribution is 0.139. The highest BCUT2D eigenvalue weighted by molar-refractivity contribution is 5.93. The van der Waals surface area contributed by atoms with Gasteiger partial charge in [0, 0.05) is 35.8 Å². The Hall–Kier alpha value is -3.30. The van der Waals surface area contributed by atoms with Crippen molar-refractivity contribution in [3.8, 4) is 11.5 Å². The van der Waals surface area contributed by atoms with Crippen LogP contribution in [0.1, 0.15) is 30.5 Å². The third-order valence-electron chi connectivity index (χ3n) is 5.51. The van der Waals surface area contributed by atoms with Gasteiger partial charge >= 0.3 is 0 Å². The second-order valence-electron chi connectivity index (χ2n) is 7.45. The molecule has 0 saturated carbocycles. The van der Waals surface area contributed by atoms with Crippen molar-refractivity contribution in [3.63, 3.8) is 0 Å². The molecular formula is C24H25N3O3. The average Bonchev–Trinajstić information content (AvgIpc) is 3.27. The van der Waals surface area contributed by atoms with Crippen molar-refractivity contribution in [2.75, 3.05) is 25.6 Å². The number of fused-ring (bicyclic) bond motifs is 1. The topological polar surface area (TPSA) is 57.0 Å². The lowest BCUT2D eigenvalue weighted by atomic mass is 10.0. The van der Waals surface area contributed by atoms with Crippen LogP contribution in [0.5, 0.6) is 11.5 Å². The molecule has 1 aromatic heterocycles. The maximum atomic E-state index is 7.37. The maximum Gasteiger partial charge on any atom is 0.190 e. The van der Waals surface area contributed by atoms with Crippen molar-refractivity contribution in [1.29, 1.82) is 0 Å². The summed E-state index contributed by atoms with van der Waals surface area (Å²) in [7, 11) is 1.64. The fourth-order valence-corrected chi connectivity index (χ4v) is 3.86. The lowest BCUT2D eigenvalue weighted by Crippen LogP contribution is -2.16. The van der Waals surface area contributed by atoms with Crippen molar-refractivity contribution in [1.82, 2.24) is 4.98 Å². The third kappa shape index (κ3) is 3.89. The molecule has 1 saturated heterocycles. The molecule has 0 bridgehead atoms. The number of hydrogen-bond donors (Lipinski definition) is 1. The first-order chi connectivity index (χ1) is 14.6. The first-order valence-electron chi connectivity index (χ1n) is 10.1. The molecule has 0 amide bonds. The third-order valence-corrected chi connectivity index (χ3v) is 5.51. The van der Waals surface area contributed by atoms with Crippen LogP contribution in [0.4, 0.5) is 11.4 Å². The second-order valence-corrected chi connectivity index (χ2v) is 7.45. The number of benzene rings is 2. The molecule has 1 aliphatic rings. The molecule has 3 aromatic rings. The van der Waals surface area contributed by atoms with Crippen molar-refractivity contribution < 1.29 is 14.2 Å². The first kappa shape index (κ1) is 20.0. The van der Waals surface area contributed by atoms with E-state index in [2.05, 4.69) is 28.1 Å². The van der Waals surface area contributed by atoms with Gasteiger partial charge in [-0.3, -0.25) is 4.98 Å². The van der Waals surface area contributed by atoms with E-state index in [1.165, 1.54) is 0 Å². The minimum Gasteiger partial charge on any atom is -0.493 e. The molecule has 0 spiro atoms. The molecule has 1 fully saturated rings. The lowest BCUT2D eigenvalue weighted by Gasteiger charge is -2.21. The van der Waals surface area contributed by atoms with Gasteiger partial charge in [-0.1, -0.05) is 18.2 Å². The molecule has 1 aliphatic heterocycles. The van der Waals surface area contributed by atoms with E-state index in [0.717, 1.165) is 40.7 Å². The highest BCUT2D eigenvalue weighted by atomic mass is 16.6. The van der Waals surface area contributed by atoms with Gasteiger partial charge in [0.05, 0.1) is 32.4 Å². The number of rotatable bonds is 6. The van der Waals surface area contributed by atoms with Crippen LogP contribution in [0.25, 0.3) is 15.7 Å². The molecule has 6 heteroatoms. The van der Waals surface area contributed by atoms with Gasteiger partial charge in [0.1, 0.15) is 6.10 Å². The van der Waals surface area contributed by atoms with Crippen molar-refractivity contribution in [3.05, 3.63) is 65.1 Å². The summed E-state index contributed by atoms with van der Waals surface area (Å²) in [6.07, 6.45) is 2.68. The number of anilines is 1. The molecule has 2 heterocycles. The fraction of sp³-hybridized carbons (Fsp3) is 0.333. The van der Waals surface area contributed by atoms with Gasteiger partial charge in [0.15, 0.2) is 17.2 Å². The molecule has 1 unspecified atom stereocenters. The Bertz CT molecular complexity index is 1100. The zero-order valence-electron chi connectivity index (χ0n) is 17.4. The first-order valence-corrected chi connectivity index (χ1v) is 10.1. The van der Waals surface area contributed by atoms with Gasteiger partial charge in [-0.25, -0.2) is 4.85 Å². The van der Waals surface area contributed by atoms with Crippen LogP contribution in [0.2, 0.25) is 0 Å². The van der Waals surface area contributed by atoms with Gasteiger partial charge in [-0.15, -0.1) is 0 Å². The van der Waals surface area contributed by atoms with E-state index < -0.39 is 0 Å². The Morgan fingerprint density at radius 3 is 2.87 bits per heavy atom. The Morgan fingerprint density at radius 2 is 2.13 bits per heavy atom. The van der Waals surface area contributed by atoms with Gasteiger partial charge in [0.2, 0.25) is 0 Å². The molecule has 4 rings (SSSR count). The van der Waals surface area contributed by atoms with E-state index in [1.54, 1.807) is 13.3 Å². The molecule has 1 N–H and O–H groups in total. The summed E-state index contributed by atoms with van der Waals surface area (Å²) in [5.74, 6) is 1.35. The van der Waals surface area contributed by atoms with E-state index in [1.807, 2.05) is 37.3 Å². The zero-order chi connectivity index (χ0) is 21.1. The number of ether oxygens (including phenoxy) is 3. The van der Waals surface area contributed by atoms with Crippen LogP contribution in [0.3, 0.4) is 0 Å². The molecular weight excluding hydrogens is 378 g/mol. The molecule has 0 radical (unpaired) electrons. The van der Waals surface area contributed by atoms with Crippen LogP contribution in [0, 0.1) is 13.5 Å². The maximum absolute atomic E-state index is 7.37. The Kier molecular flexibility index (Phi) is 5.73. The normalized spacial score (nSPS) is 16.8. The zero-order valence-corrected chi connectivity index (χ0v) is 17.4. The fourth-order valence-electron chi connectivity index (χ4n) is 3.86. The van der Waals surface area contributed by atoms with E-state index in [-0.39, 0.29) is 12.1 Å². The van der Waals surface area contributed by atoms with Gasteiger partial charge in [0.25, 0.3) is 0 Å². The molecule has 30 heavy (non-hydrogen) atoms. The summed E-state index contributed by atoms with van der Waals surface area (Å²) in [5, 5.41) is 4.54. The molecule has 6 nitrogen and oxygen atoms in total. The minimum atomic E-state index is 0.0204. The van der Waals surface area contributed by atoms with E-state index in [9.17, 15) is 0 Å². The summed E-state index contributed by atoms with van der Waals surface area (Å²) >= 11 is 0. The number of nitrogens with zero attached hydrogens (tertiary/aromatic N) is 2.